The Labute approximate surface area is 234 Å². The first-order chi connectivity index (χ1) is 19.3. The van der Waals surface area contributed by atoms with Gasteiger partial charge >= 0.3 is 6.09 Å². The molecule has 40 heavy (non-hydrogen) atoms. The van der Waals surface area contributed by atoms with Gasteiger partial charge in [-0.15, -0.1) is 0 Å². The predicted octanol–water partition coefficient (Wildman–Crippen LogP) is 6.44. The summed E-state index contributed by atoms with van der Waals surface area (Å²) in [6.07, 6.45) is 0.667. The second kappa shape index (κ2) is 11.7. The SMILES string of the molecule is CC(C)(C)OC(=O)N1CCC(Oc2c(-c3ccccc3)nc3ccccc3c2C(=O)NNc2ccccc2)CC1. The van der Waals surface area contributed by atoms with Crippen LogP contribution >= 0.6 is 0 Å². The maximum Gasteiger partial charge on any atom is 0.410 e. The highest BCUT2D eigenvalue weighted by Crippen LogP contribution is 2.38. The lowest BCUT2D eigenvalue weighted by atomic mass is 10.0. The zero-order chi connectivity index (χ0) is 28.1. The number of nitrogens with one attached hydrogen (secondary N) is 2. The normalized spacial score (nSPS) is 14.0. The van der Waals surface area contributed by atoms with E-state index in [1.807, 2.05) is 106 Å². The summed E-state index contributed by atoms with van der Waals surface area (Å²) >= 11 is 0. The number of amides is 2. The number of carbonyl (C=O) groups excluding carboxylic acids is 2. The smallest absolute Gasteiger partial charge is 0.410 e. The van der Waals surface area contributed by atoms with E-state index < -0.39 is 5.60 Å². The van der Waals surface area contributed by atoms with Gasteiger partial charge in [0.1, 0.15) is 17.4 Å². The van der Waals surface area contributed by atoms with Crippen molar-refractivity contribution in [3.05, 3.63) is 90.5 Å². The van der Waals surface area contributed by atoms with E-state index in [1.165, 1.54) is 0 Å². The zero-order valence-electron chi connectivity index (χ0n) is 23.0. The molecule has 0 aliphatic carbocycles. The molecule has 2 N–H and O–H groups in total. The lowest BCUT2D eigenvalue weighted by Gasteiger charge is -2.34. The van der Waals surface area contributed by atoms with Crippen molar-refractivity contribution in [2.75, 3.05) is 18.5 Å². The minimum absolute atomic E-state index is 0.210. The van der Waals surface area contributed by atoms with E-state index in [0.29, 0.717) is 53.8 Å². The summed E-state index contributed by atoms with van der Waals surface area (Å²) in [6, 6.07) is 26.7. The minimum atomic E-state index is -0.554. The summed E-state index contributed by atoms with van der Waals surface area (Å²) in [7, 11) is 0. The Morgan fingerprint density at radius 3 is 2.17 bits per heavy atom. The highest BCUT2D eigenvalue weighted by molar-refractivity contribution is 6.10. The molecule has 1 fully saturated rings. The van der Waals surface area contributed by atoms with Gasteiger partial charge in [0.25, 0.3) is 5.91 Å². The van der Waals surface area contributed by atoms with Crippen LogP contribution in [0.1, 0.15) is 44.0 Å². The van der Waals surface area contributed by atoms with Gasteiger partial charge in [-0.1, -0.05) is 66.7 Å². The van der Waals surface area contributed by atoms with Gasteiger partial charge in [0.15, 0.2) is 5.75 Å². The fraction of sp³-hybridized carbons (Fsp3) is 0.281. The molecule has 1 aliphatic heterocycles. The van der Waals surface area contributed by atoms with E-state index in [4.69, 9.17) is 14.5 Å². The van der Waals surface area contributed by atoms with Crippen molar-refractivity contribution in [1.82, 2.24) is 15.3 Å². The Morgan fingerprint density at radius 2 is 1.50 bits per heavy atom. The van der Waals surface area contributed by atoms with Crippen LogP contribution in [0.4, 0.5) is 10.5 Å². The summed E-state index contributed by atoms with van der Waals surface area (Å²) in [4.78, 5) is 33.0. The number of piperidine rings is 1. The molecule has 2 amide bonds. The molecule has 0 bridgehead atoms. The van der Waals surface area contributed by atoms with E-state index in [0.717, 1.165) is 11.3 Å². The molecule has 0 radical (unpaired) electrons. The van der Waals surface area contributed by atoms with Crippen LogP contribution in [0.2, 0.25) is 0 Å². The number of fused-ring (bicyclic) bond motifs is 1. The van der Waals surface area contributed by atoms with Gasteiger partial charge in [0.2, 0.25) is 0 Å². The number of benzene rings is 3. The number of para-hydroxylation sites is 2. The lowest BCUT2D eigenvalue weighted by Crippen LogP contribution is -2.44. The molecular weight excluding hydrogens is 504 g/mol. The first-order valence-electron chi connectivity index (χ1n) is 13.5. The highest BCUT2D eigenvalue weighted by Gasteiger charge is 2.30. The predicted molar refractivity (Wildman–Crippen MR) is 156 cm³/mol. The third-order valence-electron chi connectivity index (χ3n) is 6.59. The molecule has 4 aromatic rings. The second-order valence-electron chi connectivity index (χ2n) is 10.8. The van der Waals surface area contributed by atoms with E-state index in [9.17, 15) is 9.59 Å². The molecule has 0 spiro atoms. The van der Waals surface area contributed by atoms with E-state index in [1.54, 1.807) is 4.90 Å². The molecule has 8 heteroatoms. The van der Waals surface area contributed by atoms with Crippen LogP contribution in [-0.4, -0.2) is 46.7 Å². The Balaban J connectivity index is 1.48. The quantitative estimate of drug-likeness (QED) is 0.275. The van der Waals surface area contributed by atoms with E-state index >= 15 is 0 Å². The van der Waals surface area contributed by atoms with Gasteiger partial charge in [0.05, 0.1) is 16.8 Å². The molecule has 8 nitrogen and oxygen atoms in total. The van der Waals surface area contributed by atoms with E-state index in [2.05, 4.69) is 10.9 Å². The van der Waals surface area contributed by atoms with Gasteiger partial charge in [-0.25, -0.2) is 9.78 Å². The minimum Gasteiger partial charge on any atom is -0.487 e. The van der Waals surface area contributed by atoms with Gasteiger partial charge in [-0.3, -0.25) is 15.6 Å². The average molecular weight is 539 g/mol. The Hall–Kier alpha value is -4.59. The van der Waals surface area contributed by atoms with Crippen LogP contribution in [-0.2, 0) is 4.74 Å². The van der Waals surface area contributed by atoms with Crippen molar-refractivity contribution >= 4 is 28.6 Å². The maximum absolute atomic E-state index is 13.8. The number of ether oxygens (including phenoxy) is 2. The highest BCUT2D eigenvalue weighted by atomic mass is 16.6. The zero-order valence-corrected chi connectivity index (χ0v) is 23.0. The molecular formula is C32H34N4O4. The van der Waals surface area contributed by atoms with Gasteiger partial charge in [0, 0.05) is 36.9 Å². The number of rotatable bonds is 6. The summed E-state index contributed by atoms with van der Waals surface area (Å²) in [5, 5.41) is 0.690. The summed E-state index contributed by atoms with van der Waals surface area (Å²) in [5.41, 5.74) is 8.59. The number of aromatic nitrogens is 1. The molecule has 1 aliphatic rings. The Morgan fingerprint density at radius 1 is 0.875 bits per heavy atom. The van der Waals surface area contributed by atoms with Gasteiger partial charge < -0.3 is 14.4 Å². The largest absolute Gasteiger partial charge is 0.487 e. The summed E-state index contributed by atoms with van der Waals surface area (Å²) in [6.45, 7) is 6.57. The van der Waals surface area contributed by atoms with Crippen molar-refractivity contribution < 1.29 is 19.1 Å². The summed E-state index contributed by atoms with van der Waals surface area (Å²) in [5.74, 6) is 0.0915. The molecule has 1 saturated heterocycles. The molecule has 3 aromatic carbocycles. The average Bonchev–Trinajstić information content (AvgIpc) is 2.96. The molecule has 5 rings (SSSR count). The number of anilines is 1. The fourth-order valence-corrected chi connectivity index (χ4v) is 4.69. The number of nitrogens with zero attached hydrogens (tertiary/aromatic N) is 2. The monoisotopic (exact) mass is 538 g/mol. The van der Waals surface area contributed by atoms with Crippen LogP contribution < -0.4 is 15.6 Å². The fourth-order valence-electron chi connectivity index (χ4n) is 4.69. The van der Waals surface area contributed by atoms with Crippen LogP contribution in [0.25, 0.3) is 22.2 Å². The third-order valence-corrected chi connectivity index (χ3v) is 6.59. The third kappa shape index (κ3) is 6.34. The van der Waals surface area contributed by atoms with Crippen LogP contribution in [0, 0.1) is 0 Å². The Kier molecular flexibility index (Phi) is 7.86. The molecule has 2 heterocycles. The van der Waals surface area contributed by atoms with E-state index in [-0.39, 0.29) is 18.1 Å². The maximum atomic E-state index is 13.8. The van der Waals surface area contributed by atoms with Crippen molar-refractivity contribution in [1.29, 1.82) is 0 Å². The molecule has 1 aromatic heterocycles. The van der Waals surface area contributed by atoms with Crippen LogP contribution in [0.5, 0.6) is 5.75 Å². The molecule has 0 atom stereocenters. The number of hydrogen-bond donors (Lipinski definition) is 2. The van der Waals surface area contributed by atoms with Crippen LogP contribution in [0.3, 0.4) is 0 Å². The number of likely N-dealkylation sites (tertiary alicyclic amines) is 1. The topological polar surface area (TPSA) is 92.8 Å². The number of pyridine rings is 1. The number of hydrazine groups is 1. The van der Waals surface area contributed by atoms with Crippen molar-refractivity contribution in [2.24, 2.45) is 0 Å². The van der Waals surface area contributed by atoms with Crippen molar-refractivity contribution in [2.45, 2.75) is 45.3 Å². The van der Waals surface area contributed by atoms with Crippen LogP contribution in [0.15, 0.2) is 84.9 Å². The van der Waals surface area contributed by atoms with Crippen molar-refractivity contribution in [3.63, 3.8) is 0 Å². The molecule has 0 saturated carbocycles. The van der Waals surface area contributed by atoms with Crippen molar-refractivity contribution in [3.8, 4) is 17.0 Å². The first kappa shape index (κ1) is 27.0. The first-order valence-corrected chi connectivity index (χ1v) is 13.5. The number of carbonyl (C=O) groups is 2. The summed E-state index contributed by atoms with van der Waals surface area (Å²) < 4.78 is 12.2. The number of hydrogen-bond acceptors (Lipinski definition) is 6. The standard InChI is InChI=1S/C32H34N4O4/c1-32(2,3)40-31(38)36-20-18-24(19-21-36)39-29-27(30(37)35-34-23-14-8-5-9-15-23)25-16-10-11-17-26(25)33-28(29)22-12-6-4-7-13-22/h4-17,24,34H,18-21H2,1-3H3,(H,35,37). The lowest BCUT2D eigenvalue weighted by molar-refractivity contribution is 0.0126. The Bertz CT molecular complexity index is 1480. The second-order valence-corrected chi connectivity index (χ2v) is 10.8. The molecule has 0 unspecified atom stereocenters. The molecule has 206 valence electrons. The van der Waals surface area contributed by atoms with Gasteiger partial charge in [-0.05, 0) is 39.0 Å². The van der Waals surface area contributed by atoms with Gasteiger partial charge in [-0.2, -0.15) is 0 Å².